The largest absolute Gasteiger partial charge is 0.383 e. The Labute approximate surface area is 258 Å². The first-order valence-electron chi connectivity index (χ1n) is 14.5. The van der Waals surface area contributed by atoms with Crippen LogP contribution >= 0.6 is 0 Å². The molecule has 3 aromatic heterocycles. The maximum atomic E-state index is 12.9. The van der Waals surface area contributed by atoms with E-state index in [1.165, 1.54) is 10.7 Å². The van der Waals surface area contributed by atoms with Gasteiger partial charge in [0.15, 0.2) is 0 Å². The number of aromatic nitrogens is 5. The molecule has 0 spiro atoms. The molecule has 0 radical (unpaired) electrons. The number of aromatic amines is 1. The fourth-order valence-electron chi connectivity index (χ4n) is 5.45. The van der Waals surface area contributed by atoms with Gasteiger partial charge in [0.05, 0.1) is 22.3 Å². The zero-order chi connectivity index (χ0) is 30.9. The number of amides is 1. The van der Waals surface area contributed by atoms with Crippen molar-refractivity contribution in [3.8, 4) is 33.9 Å². The van der Waals surface area contributed by atoms with E-state index in [1.807, 2.05) is 67.6 Å². The summed E-state index contributed by atoms with van der Waals surface area (Å²) in [4.78, 5) is 34.3. The van der Waals surface area contributed by atoms with Gasteiger partial charge in [-0.2, -0.15) is 0 Å². The van der Waals surface area contributed by atoms with Gasteiger partial charge in [-0.15, -0.1) is 0 Å². The highest BCUT2D eigenvalue weighted by Crippen LogP contribution is 2.33. The summed E-state index contributed by atoms with van der Waals surface area (Å²) in [5, 5.41) is 5.98. The number of carbonyl (C=O) groups excluding carboxylic acids is 1. The topological polar surface area (TPSA) is 124 Å². The van der Waals surface area contributed by atoms with Crippen molar-refractivity contribution in [1.29, 1.82) is 0 Å². The number of aryl methyl sites for hydroxylation is 1. The van der Waals surface area contributed by atoms with E-state index in [0.717, 1.165) is 44.7 Å². The van der Waals surface area contributed by atoms with Gasteiger partial charge in [0, 0.05) is 35.8 Å². The molecule has 4 aromatic carbocycles. The molecule has 0 fully saturated rings. The second-order valence-corrected chi connectivity index (χ2v) is 10.8. The number of nitrogens with zero attached hydrogens (tertiary/aromatic N) is 4. The molecule has 7 aromatic rings. The van der Waals surface area contributed by atoms with Crippen LogP contribution in [-0.2, 0) is 6.54 Å². The van der Waals surface area contributed by atoms with Gasteiger partial charge in [0.1, 0.15) is 11.6 Å². The molecule has 4 N–H and O–H groups in total. The molecule has 0 saturated carbocycles. The first-order valence-corrected chi connectivity index (χ1v) is 14.5. The van der Waals surface area contributed by atoms with Gasteiger partial charge in [-0.1, -0.05) is 48.5 Å². The Hall–Kier alpha value is -6.22. The number of anilines is 1. The van der Waals surface area contributed by atoms with Gasteiger partial charge < -0.3 is 11.1 Å². The van der Waals surface area contributed by atoms with Gasteiger partial charge in [-0.05, 0) is 84.3 Å². The first-order chi connectivity index (χ1) is 21.9. The second kappa shape index (κ2) is 11.5. The van der Waals surface area contributed by atoms with Gasteiger partial charge in [-0.3, -0.25) is 19.3 Å². The van der Waals surface area contributed by atoms with Crippen LogP contribution in [0.2, 0.25) is 0 Å². The van der Waals surface area contributed by atoms with Crippen LogP contribution in [0.15, 0.2) is 126 Å². The summed E-state index contributed by atoms with van der Waals surface area (Å²) in [6.07, 6.45) is 1.67. The van der Waals surface area contributed by atoms with E-state index >= 15 is 0 Å². The van der Waals surface area contributed by atoms with E-state index in [1.54, 1.807) is 30.5 Å². The monoisotopic (exact) mass is 591 g/mol. The molecule has 0 aliphatic rings. The van der Waals surface area contributed by atoms with Crippen molar-refractivity contribution in [3.63, 3.8) is 0 Å². The van der Waals surface area contributed by atoms with Crippen molar-refractivity contribution in [2.24, 2.45) is 0 Å². The lowest BCUT2D eigenvalue weighted by atomic mass is 10.1. The Morgan fingerprint density at radius 1 is 0.844 bits per heavy atom. The number of nitrogens with two attached hydrogens (primary N) is 1. The van der Waals surface area contributed by atoms with Gasteiger partial charge in [0.2, 0.25) is 0 Å². The standard InChI is InChI=1S/C36H29N7O2/c1-23-20-33(44)43(41-23)29-16-11-26(12-17-29)36(45)39-22-24-9-14-28(15-10-24)42-32-21-27(25-6-3-2-4-7-25)13-18-31(32)40-35(42)30-8-5-19-38-34(30)37/h2-21,41H,22H2,1H3,(H2,37,38)(H,39,45). The van der Waals surface area contributed by atoms with Crippen molar-refractivity contribution < 1.29 is 4.79 Å². The number of benzene rings is 4. The van der Waals surface area contributed by atoms with E-state index in [0.29, 0.717) is 29.4 Å². The Bertz CT molecular complexity index is 2210. The summed E-state index contributed by atoms with van der Waals surface area (Å²) >= 11 is 0. The van der Waals surface area contributed by atoms with Crippen molar-refractivity contribution >= 4 is 22.8 Å². The van der Waals surface area contributed by atoms with Crippen molar-refractivity contribution in [3.05, 3.63) is 149 Å². The number of nitrogens with one attached hydrogen (secondary N) is 2. The minimum Gasteiger partial charge on any atom is -0.383 e. The molecule has 1 amide bonds. The van der Waals surface area contributed by atoms with Crippen LogP contribution in [0.25, 0.3) is 44.9 Å². The van der Waals surface area contributed by atoms with Crippen LogP contribution in [0.5, 0.6) is 0 Å². The molecule has 9 heteroatoms. The number of hydrogen-bond acceptors (Lipinski definition) is 5. The molecule has 9 nitrogen and oxygen atoms in total. The number of hydrogen-bond donors (Lipinski definition) is 3. The van der Waals surface area contributed by atoms with Gasteiger partial charge in [0.25, 0.3) is 11.5 Å². The summed E-state index contributed by atoms with van der Waals surface area (Å²) in [6.45, 7) is 2.17. The fraction of sp³-hybridized carbons (Fsp3) is 0.0556. The number of fused-ring (bicyclic) bond motifs is 1. The van der Waals surface area contributed by atoms with E-state index in [9.17, 15) is 9.59 Å². The molecular formula is C36H29N7O2. The molecule has 0 bridgehead atoms. The number of carbonyl (C=O) groups is 1. The van der Waals surface area contributed by atoms with E-state index in [2.05, 4.69) is 44.2 Å². The van der Waals surface area contributed by atoms with Crippen LogP contribution in [0.1, 0.15) is 21.6 Å². The molecule has 0 saturated heterocycles. The first kappa shape index (κ1) is 27.6. The highest BCUT2D eigenvalue weighted by molar-refractivity contribution is 5.94. The number of H-pyrrole nitrogens is 1. The average Bonchev–Trinajstić information content (AvgIpc) is 3.62. The summed E-state index contributed by atoms with van der Waals surface area (Å²) in [5.74, 6) is 0.894. The van der Waals surface area contributed by atoms with Crippen LogP contribution in [-0.4, -0.2) is 30.2 Å². The summed E-state index contributed by atoms with van der Waals surface area (Å²) in [5.41, 5.74) is 14.7. The van der Waals surface area contributed by atoms with Crippen LogP contribution in [0.4, 0.5) is 5.82 Å². The Balaban J connectivity index is 1.16. The van der Waals surface area contributed by atoms with Crippen molar-refractivity contribution in [2.75, 3.05) is 5.73 Å². The summed E-state index contributed by atoms with van der Waals surface area (Å²) < 4.78 is 3.54. The molecule has 0 atom stereocenters. The summed E-state index contributed by atoms with van der Waals surface area (Å²) in [6, 6.07) is 36.7. The number of imidazole rings is 1. The lowest BCUT2D eigenvalue weighted by Gasteiger charge is -2.12. The second-order valence-electron chi connectivity index (χ2n) is 10.8. The molecule has 0 aliphatic heterocycles. The zero-order valence-electron chi connectivity index (χ0n) is 24.4. The molecule has 220 valence electrons. The van der Waals surface area contributed by atoms with Crippen LogP contribution in [0, 0.1) is 6.92 Å². The predicted molar refractivity (Wildman–Crippen MR) is 176 cm³/mol. The van der Waals surface area contributed by atoms with Gasteiger partial charge in [-0.25, -0.2) is 14.6 Å². The third kappa shape index (κ3) is 5.38. The SMILES string of the molecule is Cc1cc(=O)n(-c2ccc(C(=O)NCc3ccc(-n4c(-c5cccnc5N)nc5ccc(-c6ccccc6)cc54)cc3)cc2)[nH]1. The highest BCUT2D eigenvalue weighted by Gasteiger charge is 2.18. The highest BCUT2D eigenvalue weighted by atomic mass is 16.1. The molecule has 3 heterocycles. The minimum absolute atomic E-state index is 0.149. The van der Waals surface area contributed by atoms with E-state index in [-0.39, 0.29) is 11.5 Å². The lowest BCUT2D eigenvalue weighted by molar-refractivity contribution is 0.0951. The number of nitrogen functional groups attached to an aromatic ring is 1. The van der Waals surface area contributed by atoms with Crippen LogP contribution in [0.3, 0.4) is 0 Å². The number of rotatable bonds is 7. The maximum absolute atomic E-state index is 12.9. The molecule has 0 aliphatic carbocycles. The smallest absolute Gasteiger partial charge is 0.271 e. The quantitative estimate of drug-likeness (QED) is 0.208. The Morgan fingerprint density at radius 2 is 1.60 bits per heavy atom. The van der Waals surface area contributed by atoms with Crippen molar-refractivity contribution in [2.45, 2.75) is 13.5 Å². The minimum atomic E-state index is -0.205. The Kier molecular flexibility index (Phi) is 7.03. The predicted octanol–water partition coefficient (Wildman–Crippen LogP) is 6.05. The molecular weight excluding hydrogens is 562 g/mol. The lowest BCUT2D eigenvalue weighted by Crippen LogP contribution is -2.23. The molecule has 45 heavy (non-hydrogen) atoms. The average molecular weight is 592 g/mol. The van der Waals surface area contributed by atoms with Crippen LogP contribution < -0.4 is 16.6 Å². The zero-order valence-corrected chi connectivity index (χ0v) is 24.4. The molecule has 7 rings (SSSR count). The number of pyridine rings is 1. The summed E-state index contributed by atoms with van der Waals surface area (Å²) in [7, 11) is 0. The van der Waals surface area contributed by atoms with Gasteiger partial charge >= 0.3 is 0 Å². The van der Waals surface area contributed by atoms with E-state index in [4.69, 9.17) is 10.7 Å². The fourth-order valence-corrected chi connectivity index (χ4v) is 5.45. The maximum Gasteiger partial charge on any atom is 0.271 e. The Morgan fingerprint density at radius 3 is 2.31 bits per heavy atom. The third-order valence-corrected chi connectivity index (χ3v) is 7.72. The van der Waals surface area contributed by atoms with E-state index < -0.39 is 0 Å². The normalized spacial score (nSPS) is 11.1. The third-order valence-electron chi connectivity index (χ3n) is 7.72. The molecule has 0 unspecified atom stereocenters. The van der Waals surface area contributed by atoms with Crippen molar-refractivity contribution in [1.82, 2.24) is 29.6 Å².